The number of aromatic nitrogens is 1. The van der Waals surface area contributed by atoms with Gasteiger partial charge in [-0.15, -0.1) is 0 Å². The Labute approximate surface area is 129 Å². The van der Waals surface area contributed by atoms with Gasteiger partial charge in [-0.2, -0.15) is 0 Å². The van der Waals surface area contributed by atoms with Gasteiger partial charge in [0, 0.05) is 30.9 Å². The fourth-order valence-corrected chi connectivity index (χ4v) is 2.47. The lowest BCUT2D eigenvalue weighted by Crippen LogP contribution is -2.09. The third-order valence-corrected chi connectivity index (χ3v) is 3.75. The first kappa shape index (κ1) is 14.2. The van der Waals surface area contributed by atoms with E-state index in [0.29, 0.717) is 5.39 Å². The highest BCUT2D eigenvalue weighted by molar-refractivity contribution is 5.86. The largest absolute Gasteiger partial charge is 0.497 e. The number of fused-ring (bicyclic) bond motifs is 1. The molecule has 3 aromatic rings. The molecule has 1 heterocycles. The maximum Gasteiger partial charge on any atom is 0.256 e. The number of anilines is 1. The van der Waals surface area contributed by atoms with Gasteiger partial charge >= 0.3 is 0 Å². The predicted octanol–water partition coefficient (Wildman–Crippen LogP) is 3.27. The fraction of sp³-hybridized carbons (Fsp3) is 0.167. The lowest BCUT2D eigenvalue weighted by molar-refractivity contribution is 0.415. The number of benzene rings is 2. The standard InChI is InChI=1S/C18H18N2O2/c1-20(2)14-6-4-12(5-7-14)17-11-13-10-15(22-3)8-9-16(13)18(21)19-17/h4-11H,1-3H3,(H,19,21). The second-order valence-electron chi connectivity index (χ2n) is 5.41. The summed E-state index contributed by atoms with van der Waals surface area (Å²) >= 11 is 0. The van der Waals surface area contributed by atoms with Crippen LogP contribution in [0, 0.1) is 0 Å². The first-order valence-corrected chi connectivity index (χ1v) is 7.07. The van der Waals surface area contributed by atoms with Gasteiger partial charge in [0.25, 0.3) is 5.56 Å². The van der Waals surface area contributed by atoms with E-state index < -0.39 is 0 Å². The fourth-order valence-electron chi connectivity index (χ4n) is 2.47. The quantitative estimate of drug-likeness (QED) is 0.806. The molecule has 0 aliphatic rings. The van der Waals surface area contributed by atoms with Crippen LogP contribution in [0.4, 0.5) is 5.69 Å². The summed E-state index contributed by atoms with van der Waals surface area (Å²) in [5.41, 5.74) is 2.81. The van der Waals surface area contributed by atoms with E-state index in [2.05, 4.69) is 4.98 Å². The molecule has 1 N–H and O–H groups in total. The van der Waals surface area contributed by atoms with Crippen LogP contribution in [-0.2, 0) is 0 Å². The molecule has 0 amide bonds. The van der Waals surface area contributed by atoms with E-state index in [9.17, 15) is 4.79 Å². The van der Waals surface area contributed by atoms with Gasteiger partial charge in [0.15, 0.2) is 0 Å². The number of ether oxygens (including phenoxy) is 1. The second-order valence-corrected chi connectivity index (χ2v) is 5.41. The van der Waals surface area contributed by atoms with E-state index in [4.69, 9.17) is 4.74 Å². The number of hydrogen-bond acceptors (Lipinski definition) is 3. The van der Waals surface area contributed by atoms with Crippen molar-refractivity contribution in [2.45, 2.75) is 0 Å². The smallest absolute Gasteiger partial charge is 0.256 e. The zero-order valence-corrected chi connectivity index (χ0v) is 12.9. The van der Waals surface area contributed by atoms with Crippen LogP contribution in [0.25, 0.3) is 22.0 Å². The number of pyridine rings is 1. The summed E-state index contributed by atoms with van der Waals surface area (Å²) in [6.07, 6.45) is 0. The number of rotatable bonds is 3. The van der Waals surface area contributed by atoms with Crippen LogP contribution in [0.1, 0.15) is 0 Å². The molecule has 2 aromatic carbocycles. The number of aromatic amines is 1. The molecule has 0 atom stereocenters. The minimum atomic E-state index is -0.0909. The summed E-state index contributed by atoms with van der Waals surface area (Å²) in [4.78, 5) is 17.2. The van der Waals surface area contributed by atoms with Gasteiger partial charge in [-0.25, -0.2) is 0 Å². The molecule has 4 nitrogen and oxygen atoms in total. The maximum absolute atomic E-state index is 12.2. The van der Waals surface area contributed by atoms with E-state index in [1.165, 1.54) is 0 Å². The molecule has 0 radical (unpaired) electrons. The van der Waals surface area contributed by atoms with Crippen LogP contribution in [0.2, 0.25) is 0 Å². The van der Waals surface area contributed by atoms with E-state index in [1.54, 1.807) is 19.2 Å². The van der Waals surface area contributed by atoms with Gasteiger partial charge in [-0.3, -0.25) is 4.79 Å². The average Bonchev–Trinajstić information content (AvgIpc) is 2.54. The molecule has 0 saturated heterocycles. The van der Waals surface area contributed by atoms with E-state index in [1.807, 2.05) is 55.4 Å². The average molecular weight is 294 g/mol. The third kappa shape index (κ3) is 2.55. The van der Waals surface area contributed by atoms with Gasteiger partial charge in [0.1, 0.15) is 5.75 Å². The van der Waals surface area contributed by atoms with Crippen molar-refractivity contribution >= 4 is 16.5 Å². The predicted molar refractivity (Wildman–Crippen MR) is 90.9 cm³/mol. The van der Waals surface area contributed by atoms with Crippen molar-refractivity contribution in [3.63, 3.8) is 0 Å². The van der Waals surface area contributed by atoms with Gasteiger partial charge in [-0.05, 0) is 47.3 Å². The Morgan fingerprint density at radius 2 is 1.73 bits per heavy atom. The molecule has 0 saturated carbocycles. The Morgan fingerprint density at radius 1 is 1.00 bits per heavy atom. The molecule has 0 aliphatic heterocycles. The molecule has 0 spiro atoms. The zero-order valence-electron chi connectivity index (χ0n) is 12.9. The summed E-state index contributed by atoms with van der Waals surface area (Å²) in [7, 11) is 5.62. The molecule has 3 rings (SSSR count). The number of nitrogens with zero attached hydrogens (tertiary/aromatic N) is 1. The van der Waals surface area contributed by atoms with Gasteiger partial charge in [0.2, 0.25) is 0 Å². The topological polar surface area (TPSA) is 45.3 Å². The van der Waals surface area contributed by atoms with Gasteiger partial charge < -0.3 is 14.6 Å². The number of H-pyrrole nitrogens is 1. The zero-order chi connectivity index (χ0) is 15.7. The first-order valence-electron chi connectivity index (χ1n) is 7.07. The summed E-state index contributed by atoms with van der Waals surface area (Å²) < 4.78 is 5.23. The third-order valence-electron chi connectivity index (χ3n) is 3.75. The van der Waals surface area contributed by atoms with Crippen LogP contribution in [0.3, 0.4) is 0 Å². The Hall–Kier alpha value is -2.75. The van der Waals surface area contributed by atoms with E-state index in [0.717, 1.165) is 28.1 Å². The van der Waals surface area contributed by atoms with Crippen molar-refractivity contribution in [2.75, 3.05) is 26.1 Å². The SMILES string of the molecule is COc1ccc2c(=O)[nH]c(-c3ccc(N(C)C)cc3)cc2c1. The minimum Gasteiger partial charge on any atom is -0.497 e. The highest BCUT2D eigenvalue weighted by atomic mass is 16.5. The van der Waals surface area contributed by atoms with Crippen LogP contribution in [0.5, 0.6) is 5.75 Å². The lowest BCUT2D eigenvalue weighted by atomic mass is 10.1. The molecular weight excluding hydrogens is 276 g/mol. The van der Waals surface area contributed by atoms with E-state index >= 15 is 0 Å². The van der Waals surface area contributed by atoms with Gasteiger partial charge in [-0.1, -0.05) is 12.1 Å². The second kappa shape index (κ2) is 5.56. The minimum absolute atomic E-state index is 0.0909. The number of hydrogen-bond donors (Lipinski definition) is 1. The van der Waals surface area contributed by atoms with Crippen molar-refractivity contribution in [3.8, 4) is 17.0 Å². The van der Waals surface area contributed by atoms with Crippen molar-refractivity contribution in [2.24, 2.45) is 0 Å². The Bertz CT molecular complexity index is 864. The van der Waals surface area contributed by atoms with Crippen LogP contribution >= 0.6 is 0 Å². The van der Waals surface area contributed by atoms with Crippen molar-refractivity contribution in [1.82, 2.24) is 4.98 Å². The molecular formula is C18H18N2O2. The van der Waals surface area contributed by atoms with Gasteiger partial charge in [0.05, 0.1) is 7.11 Å². The van der Waals surface area contributed by atoms with Crippen molar-refractivity contribution in [1.29, 1.82) is 0 Å². The van der Waals surface area contributed by atoms with Crippen LogP contribution < -0.4 is 15.2 Å². The Kier molecular flexibility index (Phi) is 3.59. The van der Waals surface area contributed by atoms with E-state index in [-0.39, 0.29) is 5.56 Å². The molecule has 0 bridgehead atoms. The van der Waals surface area contributed by atoms with Crippen molar-refractivity contribution in [3.05, 3.63) is 58.9 Å². The number of methoxy groups -OCH3 is 1. The summed E-state index contributed by atoms with van der Waals surface area (Å²) in [5, 5.41) is 1.53. The van der Waals surface area contributed by atoms with Crippen LogP contribution in [-0.4, -0.2) is 26.2 Å². The molecule has 4 heteroatoms. The Balaban J connectivity index is 2.12. The summed E-state index contributed by atoms with van der Waals surface area (Å²) in [6.45, 7) is 0. The lowest BCUT2D eigenvalue weighted by Gasteiger charge is -2.13. The Morgan fingerprint density at radius 3 is 2.36 bits per heavy atom. The molecule has 0 unspecified atom stereocenters. The molecule has 0 aliphatic carbocycles. The summed E-state index contributed by atoms with van der Waals surface area (Å²) in [5.74, 6) is 0.743. The molecule has 1 aromatic heterocycles. The maximum atomic E-state index is 12.2. The molecule has 0 fully saturated rings. The normalized spacial score (nSPS) is 10.7. The monoisotopic (exact) mass is 294 g/mol. The van der Waals surface area contributed by atoms with Crippen LogP contribution in [0.15, 0.2) is 53.3 Å². The highest BCUT2D eigenvalue weighted by Gasteiger charge is 2.06. The molecule has 22 heavy (non-hydrogen) atoms. The van der Waals surface area contributed by atoms with Crippen molar-refractivity contribution < 1.29 is 4.74 Å². The summed E-state index contributed by atoms with van der Waals surface area (Å²) in [6, 6.07) is 15.5. The highest BCUT2D eigenvalue weighted by Crippen LogP contribution is 2.24. The number of nitrogens with one attached hydrogen (secondary N) is 1. The first-order chi connectivity index (χ1) is 10.6. The molecule has 112 valence electrons.